The van der Waals surface area contributed by atoms with Crippen molar-refractivity contribution in [1.82, 2.24) is 19.9 Å². The van der Waals surface area contributed by atoms with Crippen molar-refractivity contribution in [2.75, 3.05) is 18.1 Å². The summed E-state index contributed by atoms with van der Waals surface area (Å²) >= 11 is 1.24. The molecule has 20 heavy (non-hydrogen) atoms. The molecule has 0 aliphatic carbocycles. The Hall–Kier alpha value is -2.09. The first kappa shape index (κ1) is 14.3. The largest absolute Gasteiger partial charge is 0.383 e. The van der Waals surface area contributed by atoms with E-state index in [0.29, 0.717) is 10.2 Å². The fourth-order valence-electron chi connectivity index (χ4n) is 1.48. The van der Waals surface area contributed by atoms with Crippen molar-refractivity contribution in [3.05, 3.63) is 28.3 Å². The highest BCUT2D eigenvalue weighted by Gasteiger charge is 2.10. The van der Waals surface area contributed by atoms with Crippen molar-refractivity contribution in [3.63, 3.8) is 0 Å². The number of aromatic amines is 1. The molecule has 2 rings (SSSR count). The van der Waals surface area contributed by atoms with Gasteiger partial charge < -0.3 is 16.0 Å². The Balaban J connectivity index is 2.37. The zero-order valence-electron chi connectivity index (χ0n) is 11.5. The molecule has 0 fully saturated rings. The predicted octanol–water partition coefficient (Wildman–Crippen LogP) is 1.46. The summed E-state index contributed by atoms with van der Waals surface area (Å²) < 4.78 is 0. The van der Waals surface area contributed by atoms with E-state index in [-0.39, 0.29) is 17.3 Å². The Morgan fingerprint density at radius 2 is 2.05 bits per heavy atom. The van der Waals surface area contributed by atoms with E-state index in [1.807, 2.05) is 13.8 Å². The molecule has 0 aliphatic heterocycles. The maximum atomic E-state index is 11.4. The van der Waals surface area contributed by atoms with Gasteiger partial charge in [0.1, 0.15) is 22.5 Å². The number of nitrogens with zero attached hydrogens (tertiary/aromatic N) is 3. The molecule has 0 aromatic carbocycles. The van der Waals surface area contributed by atoms with Crippen LogP contribution < -0.4 is 16.6 Å². The summed E-state index contributed by atoms with van der Waals surface area (Å²) in [4.78, 5) is 26.9. The van der Waals surface area contributed by atoms with Gasteiger partial charge >= 0.3 is 0 Å². The molecule has 106 valence electrons. The average molecular weight is 292 g/mol. The summed E-state index contributed by atoms with van der Waals surface area (Å²) in [5.74, 6) is 1.83. The fourth-order valence-corrected chi connectivity index (χ4v) is 2.29. The van der Waals surface area contributed by atoms with Crippen molar-refractivity contribution < 1.29 is 0 Å². The molecule has 2 heterocycles. The van der Waals surface area contributed by atoms with Crippen molar-refractivity contribution >= 4 is 23.4 Å². The summed E-state index contributed by atoms with van der Waals surface area (Å²) in [5.41, 5.74) is 5.27. The molecule has 0 saturated heterocycles. The maximum absolute atomic E-state index is 11.4. The van der Waals surface area contributed by atoms with Gasteiger partial charge in [0.05, 0.1) is 0 Å². The summed E-state index contributed by atoms with van der Waals surface area (Å²) in [5, 5.41) is 4.09. The molecule has 0 saturated carbocycles. The minimum atomic E-state index is -0.285. The van der Waals surface area contributed by atoms with Crippen LogP contribution in [0.25, 0.3) is 0 Å². The Kier molecular flexibility index (Phi) is 4.23. The lowest BCUT2D eigenvalue weighted by Crippen LogP contribution is -2.09. The number of hydrogen-bond acceptors (Lipinski definition) is 7. The molecule has 8 heteroatoms. The SMILES string of the molecule is CNc1cc(Sc2nc(N)cc(=O)[nH]2)nc(C(C)C)n1. The minimum Gasteiger partial charge on any atom is -0.383 e. The highest BCUT2D eigenvalue weighted by Crippen LogP contribution is 2.25. The average Bonchev–Trinajstić information content (AvgIpc) is 2.36. The van der Waals surface area contributed by atoms with Gasteiger partial charge in [-0.1, -0.05) is 13.8 Å². The van der Waals surface area contributed by atoms with E-state index in [1.54, 1.807) is 13.1 Å². The standard InChI is InChI=1S/C12H16N6OS/c1-6(2)11-16-8(14-3)5-10(18-11)20-12-15-7(13)4-9(19)17-12/h4-6H,1-3H3,(H,14,16,18)(H3,13,15,17,19). The van der Waals surface area contributed by atoms with Crippen LogP contribution in [0.3, 0.4) is 0 Å². The third-order valence-electron chi connectivity index (χ3n) is 2.43. The number of nitrogens with one attached hydrogen (secondary N) is 2. The van der Waals surface area contributed by atoms with Gasteiger partial charge in [-0.2, -0.15) is 0 Å². The first-order valence-corrected chi connectivity index (χ1v) is 6.91. The Morgan fingerprint density at radius 3 is 2.65 bits per heavy atom. The van der Waals surface area contributed by atoms with Gasteiger partial charge in [-0.25, -0.2) is 15.0 Å². The van der Waals surface area contributed by atoms with Gasteiger partial charge in [-0.15, -0.1) is 0 Å². The number of nitrogen functional groups attached to an aromatic ring is 1. The second-order valence-electron chi connectivity index (χ2n) is 4.43. The number of rotatable bonds is 4. The highest BCUT2D eigenvalue weighted by molar-refractivity contribution is 7.99. The van der Waals surface area contributed by atoms with Gasteiger partial charge in [-0.3, -0.25) is 4.79 Å². The topological polar surface area (TPSA) is 110 Å². The van der Waals surface area contributed by atoms with Crippen LogP contribution in [-0.4, -0.2) is 27.0 Å². The Bertz CT molecular complexity index is 669. The van der Waals surface area contributed by atoms with E-state index in [9.17, 15) is 4.79 Å². The first-order valence-electron chi connectivity index (χ1n) is 6.09. The van der Waals surface area contributed by atoms with Crippen molar-refractivity contribution in [2.45, 2.75) is 29.9 Å². The second-order valence-corrected chi connectivity index (χ2v) is 5.44. The maximum Gasteiger partial charge on any atom is 0.253 e. The van der Waals surface area contributed by atoms with Crippen molar-refractivity contribution in [2.24, 2.45) is 0 Å². The lowest BCUT2D eigenvalue weighted by Gasteiger charge is -2.09. The van der Waals surface area contributed by atoms with Crippen molar-refractivity contribution in [3.8, 4) is 0 Å². The Labute approximate surface area is 120 Å². The van der Waals surface area contributed by atoms with Crippen LogP contribution in [0.5, 0.6) is 0 Å². The molecule has 0 radical (unpaired) electrons. The minimum absolute atomic E-state index is 0.184. The van der Waals surface area contributed by atoms with Gasteiger partial charge in [0.15, 0.2) is 5.16 Å². The number of hydrogen-bond donors (Lipinski definition) is 3. The lowest BCUT2D eigenvalue weighted by molar-refractivity contribution is 0.754. The monoisotopic (exact) mass is 292 g/mol. The molecular formula is C12H16N6OS. The van der Waals surface area contributed by atoms with Crippen molar-refractivity contribution in [1.29, 1.82) is 0 Å². The van der Waals surface area contributed by atoms with Gasteiger partial charge in [0.25, 0.3) is 5.56 Å². The number of H-pyrrole nitrogens is 1. The third kappa shape index (κ3) is 3.47. The van der Waals surface area contributed by atoms with E-state index in [2.05, 4.69) is 25.3 Å². The van der Waals surface area contributed by atoms with Crippen LogP contribution in [0.2, 0.25) is 0 Å². The molecule has 0 amide bonds. The highest BCUT2D eigenvalue weighted by atomic mass is 32.2. The van der Waals surface area contributed by atoms with E-state index >= 15 is 0 Å². The molecule has 0 aliphatic rings. The van der Waals surface area contributed by atoms with Gasteiger partial charge in [0, 0.05) is 25.1 Å². The molecule has 2 aromatic heterocycles. The summed E-state index contributed by atoms with van der Waals surface area (Å²) in [6.07, 6.45) is 0. The second kappa shape index (κ2) is 5.91. The first-order chi connectivity index (χ1) is 9.47. The van der Waals surface area contributed by atoms with E-state index in [0.717, 1.165) is 11.6 Å². The van der Waals surface area contributed by atoms with Gasteiger partial charge in [-0.05, 0) is 11.8 Å². The fraction of sp³-hybridized carbons (Fsp3) is 0.333. The normalized spacial score (nSPS) is 10.8. The van der Waals surface area contributed by atoms with Crippen LogP contribution in [0.4, 0.5) is 11.6 Å². The summed E-state index contributed by atoms with van der Waals surface area (Å²) in [6.45, 7) is 4.04. The van der Waals surface area contributed by atoms with Gasteiger partial charge in [0.2, 0.25) is 0 Å². The van der Waals surface area contributed by atoms with E-state index in [4.69, 9.17) is 5.73 Å². The van der Waals surface area contributed by atoms with Crippen LogP contribution in [0.1, 0.15) is 25.6 Å². The number of aromatic nitrogens is 4. The zero-order valence-corrected chi connectivity index (χ0v) is 12.3. The molecule has 0 spiro atoms. The molecule has 0 atom stereocenters. The van der Waals surface area contributed by atoms with Crippen LogP contribution >= 0.6 is 11.8 Å². The summed E-state index contributed by atoms with van der Waals surface area (Å²) in [7, 11) is 1.79. The Morgan fingerprint density at radius 1 is 1.30 bits per heavy atom. The molecule has 0 unspecified atom stereocenters. The predicted molar refractivity (Wildman–Crippen MR) is 79.1 cm³/mol. The molecular weight excluding hydrogens is 276 g/mol. The van der Waals surface area contributed by atoms with E-state index < -0.39 is 0 Å². The molecule has 0 bridgehead atoms. The quantitative estimate of drug-likeness (QED) is 0.578. The van der Waals surface area contributed by atoms with Crippen LogP contribution in [0.15, 0.2) is 27.1 Å². The molecule has 4 N–H and O–H groups in total. The van der Waals surface area contributed by atoms with Crippen LogP contribution in [-0.2, 0) is 0 Å². The molecule has 2 aromatic rings. The smallest absolute Gasteiger partial charge is 0.253 e. The van der Waals surface area contributed by atoms with Crippen LogP contribution in [0, 0.1) is 0 Å². The number of anilines is 2. The third-order valence-corrected chi connectivity index (χ3v) is 3.24. The van der Waals surface area contributed by atoms with E-state index in [1.165, 1.54) is 17.8 Å². The molecule has 7 nitrogen and oxygen atoms in total. The number of nitrogens with two attached hydrogens (primary N) is 1. The zero-order chi connectivity index (χ0) is 14.7. The summed E-state index contributed by atoms with van der Waals surface area (Å²) in [6, 6.07) is 3.03. The lowest BCUT2D eigenvalue weighted by atomic mass is 10.2.